The molecular formula is C16H21F3N2O2. The molecule has 0 atom stereocenters. The van der Waals surface area contributed by atoms with Gasteiger partial charge in [-0.05, 0) is 30.5 Å². The predicted octanol–water partition coefficient (Wildman–Crippen LogP) is 2.76. The molecule has 0 bridgehead atoms. The van der Waals surface area contributed by atoms with E-state index in [2.05, 4.69) is 10.1 Å². The summed E-state index contributed by atoms with van der Waals surface area (Å²) in [5, 5.41) is 2.87. The summed E-state index contributed by atoms with van der Waals surface area (Å²) in [7, 11) is 0. The normalized spacial score (nSPS) is 17.0. The van der Waals surface area contributed by atoms with Crippen LogP contribution in [0.4, 0.5) is 13.2 Å². The lowest BCUT2D eigenvalue weighted by atomic mass is 9.85. The number of alkyl halides is 3. The Labute approximate surface area is 133 Å². The molecule has 0 aromatic heterocycles. The molecule has 0 aliphatic heterocycles. The molecular weight excluding hydrogens is 309 g/mol. The van der Waals surface area contributed by atoms with Gasteiger partial charge >= 0.3 is 6.18 Å². The van der Waals surface area contributed by atoms with Crippen LogP contribution in [0.1, 0.15) is 31.2 Å². The maximum atomic E-state index is 12.3. The van der Waals surface area contributed by atoms with E-state index in [-0.39, 0.29) is 11.7 Å². The van der Waals surface area contributed by atoms with Crippen molar-refractivity contribution < 1.29 is 22.7 Å². The monoisotopic (exact) mass is 330 g/mol. The third kappa shape index (κ3) is 4.86. The van der Waals surface area contributed by atoms with E-state index < -0.39 is 18.2 Å². The molecule has 0 saturated heterocycles. The van der Waals surface area contributed by atoms with E-state index in [1.165, 1.54) is 12.1 Å². The lowest BCUT2D eigenvalue weighted by molar-refractivity contribution is -0.153. The van der Waals surface area contributed by atoms with Crippen LogP contribution in [-0.4, -0.2) is 25.2 Å². The minimum atomic E-state index is -4.36. The van der Waals surface area contributed by atoms with E-state index in [1.807, 2.05) is 0 Å². The van der Waals surface area contributed by atoms with Gasteiger partial charge in [0.05, 0.1) is 5.41 Å². The molecule has 1 aromatic carbocycles. The third-order valence-corrected chi connectivity index (χ3v) is 4.21. The number of amides is 1. The molecule has 23 heavy (non-hydrogen) atoms. The van der Waals surface area contributed by atoms with E-state index >= 15 is 0 Å². The second-order valence-corrected chi connectivity index (χ2v) is 5.92. The molecule has 2 rings (SSSR count). The van der Waals surface area contributed by atoms with Crippen molar-refractivity contribution in [2.45, 2.75) is 38.4 Å². The zero-order valence-electron chi connectivity index (χ0n) is 12.8. The standard InChI is InChI=1S/C16H21F3N2O2/c17-16(18,19)11-23-13-5-3-12(4-6-13)9-21-14(22)15(10-20)7-1-2-8-15/h3-6H,1-2,7-11,20H2,(H,21,22). The molecule has 1 amide bonds. The number of nitrogens with one attached hydrogen (secondary N) is 1. The van der Waals surface area contributed by atoms with Crippen molar-refractivity contribution in [3.8, 4) is 5.75 Å². The highest BCUT2D eigenvalue weighted by Crippen LogP contribution is 2.37. The van der Waals surface area contributed by atoms with Crippen LogP contribution in [0, 0.1) is 5.41 Å². The van der Waals surface area contributed by atoms with Gasteiger partial charge in [-0.1, -0.05) is 25.0 Å². The smallest absolute Gasteiger partial charge is 0.422 e. The second kappa shape index (κ2) is 7.21. The van der Waals surface area contributed by atoms with E-state index in [1.54, 1.807) is 12.1 Å². The predicted molar refractivity (Wildman–Crippen MR) is 79.8 cm³/mol. The van der Waals surface area contributed by atoms with Crippen LogP contribution in [0.5, 0.6) is 5.75 Å². The highest BCUT2D eigenvalue weighted by molar-refractivity contribution is 5.83. The van der Waals surface area contributed by atoms with Gasteiger partial charge in [0.25, 0.3) is 0 Å². The van der Waals surface area contributed by atoms with Gasteiger partial charge in [-0.15, -0.1) is 0 Å². The van der Waals surface area contributed by atoms with Gasteiger partial charge in [-0.25, -0.2) is 0 Å². The second-order valence-electron chi connectivity index (χ2n) is 5.92. The van der Waals surface area contributed by atoms with Crippen molar-refractivity contribution in [3.63, 3.8) is 0 Å². The summed E-state index contributed by atoms with van der Waals surface area (Å²) < 4.78 is 40.8. The van der Waals surface area contributed by atoms with Crippen molar-refractivity contribution in [3.05, 3.63) is 29.8 Å². The van der Waals surface area contributed by atoms with E-state index in [4.69, 9.17) is 5.73 Å². The summed E-state index contributed by atoms with van der Waals surface area (Å²) in [6, 6.07) is 6.19. The van der Waals surface area contributed by atoms with Crippen molar-refractivity contribution in [1.82, 2.24) is 5.32 Å². The van der Waals surface area contributed by atoms with Gasteiger partial charge in [-0.3, -0.25) is 4.79 Å². The van der Waals surface area contributed by atoms with Crippen LogP contribution < -0.4 is 15.8 Å². The Morgan fingerprint density at radius 1 is 1.22 bits per heavy atom. The van der Waals surface area contributed by atoms with Crippen LogP contribution in [0.15, 0.2) is 24.3 Å². The van der Waals surface area contributed by atoms with Gasteiger partial charge < -0.3 is 15.8 Å². The Kier molecular flexibility index (Phi) is 5.51. The SMILES string of the molecule is NCC1(C(=O)NCc2ccc(OCC(F)(F)F)cc2)CCCC1. The number of nitrogens with two attached hydrogens (primary N) is 1. The number of halogens is 3. The zero-order valence-corrected chi connectivity index (χ0v) is 12.8. The maximum absolute atomic E-state index is 12.3. The van der Waals surface area contributed by atoms with Crippen molar-refractivity contribution >= 4 is 5.91 Å². The first kappa shape index (κ1) is 17.6. The van der Waals surface area contributed by atoms with Crippen molar-refractivity contribution in [2.24, 2.45) is 11.1 Å². The summed E-state index contributed by atoms with van der Waals surface area (Å²) in [5.41, 5.74) is 6.09. The first-order valence-electron chi connectivity index (χ1n) is 7.61. The molecule has 1 aliphatic carbocycles. The fourth-order valence-corrected chi connectivity index (χ4v) is 2.81. The lowest BCUT2D eigenvalue weighted by Crippen LogP contribution is -2.43. The largest absolute Gasteiger partial charge is 0.484 e. The van der Waals surface area contributed by atoms with Gasteiger partial charge in [-0.2, -0.15) is 13.2 Å². The molecule has 1 aromatic rings. The molecule has 0 spiro atoms. The molecule has 0 radical (unpaired) electrons. The van der Waals surface area contributed by atoms with Crippen LogP contribution in [0.3, 0.4) is 0 Å². The zero-order chi connectivity index (χ0) is 16.9. The van der Waals surface area contributed by atoms with Crippen LogP contribution in [0.2, 0.25) is 0 Å². The van der Waals surface area contributed by atoms with Gasteiger partial charge in [0.1, 0.15) is 5.75 Å². The van der Waals surface area contributed by atoms with Gasteiger partial charge in [0.15, 0.2) is 6.61 Å². The number of hydrogen-bond acceptors (Lipinski definition) is 3. The van der Waals surface area contributed by atoms with Crippen molar-refractivity contribution in [1.29, 1.82) is 0 Å². The molecule has 7 heteroatoms. The van der Waals surface area contributed by atoms with Gasteiger partial charge in [0, 0.05) is 13.1 Å². The van der Waals surface area contributed by atoms with Crippen LogP contribution in [-0.2, 0) is 11.3 Å². The highest BCUT2D eigenvalue weighted by Gasteiger charge is 2.39. The third-order valence-electron chi connectivity index (χ3n) is 4.21. The topological polar surface area (TPSA) is 64.4 Å². The summed E-state index contributed by atoms with van der Waals surface area (Å²) in [5.74, 6) is 0.0986. The number of ether oxygens (including phenoxy) is 1. The average molecular weight is 330 g/mol. The number of carbonyl (C=O) groups is 1. The average Bonchev–Trinajstić information content (AvgIpc) is 3.01. The molecule has 0 unspecified atom stereocenters. The Morgan fingerprint density at radius 3 is 2.35 bits per heavy atom. The quantitative estimate of drug-likeness (QED) is 0.843. The Bertz CT molecular complexity index is 523. The minimum absolute atomic E-state index is 0.0464. The summed E-state index contributed by atoms with van der Waals surface area (Å²) in [4.78, 5) is 12.3. The Morgan fingerprint density at radius 2 is 1.83 bits per heavy atom. The lowest BCUT2D eigenvalue weighted by Gasteiger charge is -2.25. The Balaban J connectivity index is 1.85. The van der Waals surface area contributed by atoms with E-state index in [0.29, 0.717) is 13.1 Å². The maximum Gasteiger partial charge on any atom is 0.422 e. The highest BCUT2D eigenvalue weighted by atomic mass is 19.4. The van der Waals surface area contributed by atoms with E-state index in [9.17, 15) is 18.0 Å². The first-order valence-corrected chi connectivity index (χ1v) is 7.61. The van der Waals surface area contributed by atoms with Gasteiger partial charge in [0.2, 0.25) is 5.91 Å². The molecule has 3 N–H and O–H groups in total. The number of rotatable bonds is 6. The molecule has 1 aliphatic rings. The fourth-order valence-electron chi connectivity index (χ4n) is 2.81. The van der Waals surface area contributed by atoms with Crippen molar-refractivity contribution in [2.75, 3.05) is 13.2 Å². The molecule has 1 saturated carbocycles. The summed E-state index contributed by atoms with van der Waals surface area (Å²) in [6.45, 7) is -0.661. The minimum Gasteiger partial charge on any atom is -0.484 e. The number of carbonyl (C=O) groups excluding carboxylic acids is 1. The fraction of sp³-hybridized carbons (Fsp3) is 0.562. The van der Waals surface area contributed by atoms with Crippen LogP contribution in [0.25, 0.3) is 0 Å². The number of hydrogen-bond donors (Lipinski definition) is 2. The van der Waals surface area contributed by atoms with Crippen LogP contribution >= 0.6 is 0 Å². The van der Waals surface area contributed by atoms with E-state index in [0.717, 1.165) is 31.2 Å². The number of benzene rings is 1. The molecule has 4 nitrogen and oxygen atoms in total. The summed E-state index contributed by atoms with van der Waals surface area (Å²) in [6.07, 6.45) is -0.727. The molecule has 0 heterocycles. The molecule has 1 fully saturated rings. The first-order chi connectivity index (χ1) is 10.8. The molecule has 128 valence electrons. The summed E-state index contributed by atoms with van der Waals surface area (Å²) >= 11 is 0. The Hall–Kier alpha value is -1.76.